The Balaban J connectivity index is 1.76. The van der Waals surface area contributed by atoms with E-state index >= 15 is 0 Å². The van der Waals surface area contributed by atoms with Crippen LogP contribution in [0.1, 0.15) is 11.1 Å². The molecule has 0 aliphatic rings. The molecule has 0 radical (unpaired) electrons. The zero-order valence-electron chi connectivity index (χ0n) is 15.3. The summed E-state index contributed by atoms with van der Waals surface area (Å²) in [5.74, 6) is 0.00791. The summed E-state index contributed by atoms with van der Waals surface area (Å²) in [6.45, 7) is -0.358. The Labute approximate surface area is 186 Å². The fourth-order valence-electron chi connectivity index (χ4n) is 2.70. The first-order valence-electron chi connectivity index (χ1n) is 8.81. The maximum atomic E-state index is 13.3. The highest BCUT2D eigenvalue weighted by molar-refractivity contribution is 14.1. The molecule has 0 unspecified atom stereocenters. The van der Waals surface area contributed by atoms with Crippen LogP contribution in [0.4, 0.5) is 4.39 Å². The standard InChI is InChI=1S/C23H18FIO3S/c24-18-8-6-17(7-9-18)20(16-4-2-1-3-5-16)12-13-29-22-11-10-19(14-21(22)25)28-15-23(26)27/h1-12,14H,13,15H2,(H,26,27). The highest BCUT2D eigenvalue weighted by Crippen LogP contribution is 2.30. The Morgan fingerprint density at radius 1 is 1.03 bits per heavy atom. The monoisotopic (exact) mass is 520 g/mol. The van der Waals surface area contributed by atoms with Crippen LogP contribution in [-0.2, 0) is 4.79 Å². The van der Waals surface area contributed by atoms with Gasteiger partial charge in [0.1, 0.15) is 11.6 Å². The van der Waals surface area contributed by atoms with Gasteiger partial charge in [0.15, 0.2) is 6.61 Å². The van der Waals surface area contributed by atoms with Crippen LogP contribution in [0, 0.1) is 9.39 Å². The number of carbonyl (C=O) groups is 1. The zero-order valence-corrected chi connectivity index (χ0v) is 18.3. The van der Waals surface area contributed by atoms with Gasteiger partial charge in [-0.05, 0) is 69.6 Å². The average molecular weight is 520 g/mol. The molecule has 6 heteroatoms. The van der Waals surface area contributed by atoms with Gasteiger partial charge in [-0.25, -0.2) is 9.18 Å². The fourth-order valence-corrected chi connectivity index (χ4v) is 4.44. The number of aliphatic carboxylic acids is 1. The molecule has 0 saturated heterocycles. The van der Waals surface area contributed by atoms with E-state index in [-0.39, 0.29) is 12.4 Å². The number of halogens is 2. The van der Waals surface area contributed by atoms with Crippen LogP contribution >= 0.6 is 34.4 Å². The van der Waals surface area contributed by atoms with Crippen molar-refractivity contribution in [2.75, 3.05) is 12.4 Å². The molecule has 0 saturated carbocycles. The maximum absolute atomic E-state index is 13.3. The summed E-state index contributed by atoms with van der Waals surface area (Å²) in [5, 5.41) is 8.71. The quantitative estimate of drug-likeness (QED) is 0.287. The van der Waals surface area contributed by atoms with Crippen molar-refractivity contribution >= 4 is 45.9 Å². The van der Waals surface area contributed by atoms with E-state index in [1.807, 2.05) is 42.5 Å². The summed E-state index contributed by atoms with van der Waals surface area (Å²) in [6, 6.07) is 22.1. The van der Waals surface area contributed by atoms with Crippen LogP contribution in [0.15, 0.2) is 83.8 Å². The Morgan fingerprint density at radius 2 is 1.72 bits per heavy atom. The highest BCUT2D eigenvalue weighted by Gasteiger charge is 2.07. The van der Waals surface area contributed by atoms with Crippen molar-refractivity contribution in [1.82, 2.24) is 0 Å². The summed E-state index contributed by atoms with van der Waals surface area (Å²) < 4.78 is 19.5. The van der Waals surface area contributed by atoms with Gasteiger partial charge in [-0.1, -0.05) is 48.5 Å². The third kappa shape index (κ3) is 6.33. The molecule has 3 aromatic rings. The number of benzene rings is 3. The smallest absolute Gasteiger partial charge is 0.341 e. The average Bonchev–Trinajstić information content (AvgIpc) is 2.72. The SMILES string of the molecule is O=C(O)COc1ccc(SCC=C(c2ccccc2)c2ccc(F)cc2)c(I)c1. The van der Waals surface area contributed by atoms with Crippen LogP contribution in [-0.4, -0.2) is 23.4 Å². The van der Waals surface area contributed by atoms with E-state index < -0.39 is 5.97 Å². The fraction of sp³-hybridized carbons (Fsp3) is 0.0870. The summed E-state index contributed by atoms with van der Waals surface area (Å²) in [7, 11) is 0. The number of carboxylic acids is 1. The predicted molar refractivity (Wildman–Crippen MR) is 123 cm³/mol. The molecule has 3 rings (SSSR count). The highest BCUT2D eigenvalue weighted by atomic mass is 127. The van der Waals surface area contributed by atoms with Crippen molar-refractivity contribution in [3.05, 3.63) is 99.4 Å². The molecule has 0 aliphatic carbocycles. The minimum Gasteiger partial charge on any atom is -0.482 e. The first-order chi connectivity index (χ1) is 14.0. The molecule has 0 fully saturated rings. The van der Waals surface area contributed by atoms with E-state index in [0.29, 0.717) is 5.75 Å². The van der Waals surface area contributed by atoms with Crippen molar-refractivity contribution in [2.45, 2.75) is 4.90 Å². The molecule has 1 N–H and O–H groups in total. The van der Waals surface area contributed by atoms with Crippen LogP contribution in [0.25, 0.3) is 5.57 Å². The van der Waals surface area contributed by atoms with Gasteiger partial charge in [-0.3, -0.25) is 0 Å². The normalized spacial score (nSPS) is 11.3. The molecule has 0 amide bonds. The summed E-state index contributed by atoms with van der Waals surface area (Å²) in [6.07, 6.45) is 2.14. The van der Waals surface area contributed by atoms with Gasteiger partial charge in [-0.15, -0.1) is 11.8 Å². The first kappa shape index (κ1) is 21.4. The van der Waals surface area contributed by atoms with Crippen LogP contribution in [0.3, 0.4) is 0 Å². The van der Waals surface area contributed by atoms with Crippen molar-refractivity contribution in [3.63, 3.8) is 0 Å². The van der Waals surface area contributed by atoms with Crippen molar-refractivity contribution in [2.24, 2.45) is 0 Å². The molecule has 0 aliphatic heterocycles. The van der Waals surface area contributed by atoms with Crippen molar-refractivity contribution in [3.8, 4) is 5.75 Å². The lowest BCUT2D eigenvalue weighted by Crippen LogP contribution is -2.09. The number of carboxylic acid groups (broad SMARTS) is 1. The molecule has 3 aromatic carbocycles. The first-order valence-corrected chi connectivity index (χ1v) is 10.9. The van der Waals surface area contributed by atoms with Gasteiger partial charge >= 0.3 is 5.97 Å². The molecule has 3 nitrogen and oxygen atoms in total. The minimum absolute atomic E-state index is 0.254. The Bertz CT molecular complexity index is 1000. The number of ether oxygens (including phenoxy) is 1. The van der Waals surface area contributed by atoms with Crippen LogP contribution < -0.4 is 4.74 Å². The number of hydrogen-bond acceptors (Lipinski definition) is 3. The van der Waals surface area contributed by atoms with Gasteiger partial charge in [0.05, 0.1) is 0 Å². The third-order valence-electron chi connectivity index (χ3n) is 4.03. The molecule has 0 atom stereocenters. The topological polar surface area (TPSA) is 46.5 Å². The summed E-state index contributed by atoms with van der Waals surface area (Å²) >= 11 is 3.89. The number of rotatable bonds is 8. The molecule has 29 heavy (non-hydrogen) atoms. The zero-order chi connectivity index (χ0) is 20.6. The van der Waals surface area contributed by atoms with E-state index in [1.165, 1.54) is 12.1 Å². The lowest BCUT2D eigenvalue weighted by Gasteiger charge is -2.10. The molecule has 0 bridgehead atoms. The van der Waals surface area contributed by atoms with E-state index in [1.54, 1.807) is 30.0 Å². The number of hydrogen-bond donors (Lipinski definition) is 1. The Morgan fingerprint density at radius 3 is 2.38 bits per heavy atom. The Kier molecular flexibility index (Phi) is 7.71. The molecule has 148 valence electrons. The molecule has 0 aromatic heterocycles. The second-order valence-electron chi connectivity index (χ2n) is 6.08. The van der Waals surface area contributed by atoms with Gasteiger partial charge in [0.2, 0.25) is 0 Å². The lowest BCUT2D eigenvalue weighted by molar-refractivity contribution is -0.139. The third-order valence-corrected chi connectivity index (χ3v) is 6.29. The van der Waals surface area contributed by atoms with Crippen LogP contribution in [0.2, 0.25) is 0 Å². The summed E-state index contributed by atoms with van der Waals surface area (Å²) in [5.41, 5.74) is 3.09. The largest absolute Gasteiger partial charge is 0.482 e. The summed E-state index contributed by atoms with van der Waals surface area (Å²) in [4.78, 5) is 11.7. The second-order valence-corrected chi connectivity index (χ2v) is 8.30. The molecule has 0 heterocycles. The molecule has 0 spiro atoms. The lowest BCUT2D eigenvalue weighted by atomic mass is 9.98. The number of thioether (sulfide) groups is 1. The minimum atomic E-state index is -1.00. The van der Waals surface area contributed by atoms with Crippen molar-refractivity contribution < 1.29 is 19.0 Å². The van der Waals surface area contributed by atoms with Gasteiger partial charge in [-0.2, -0.15) is 0 Å². The van der Waals surface area contributed by atoms with Crippen LogP contribution in [0.5, 0.6) is 5.75 Å². The van der Waals surface area contributed by atoms with Gasteiger partial charge < -0.3 is 9.84 Å². The predicted octanol–water partition coefficient (Wildman–Crippen LogP) is 6.12. The van der Waals surface area contributed by atoms with E-state index in [2.05, 4.69) is 28.7 Å². The van der Waals surface area contributed by atoms with Gasteiger partial charge in [0, 0.05) is 14.2 Å². The molecular weight excluding hydrogens is 502 g/mol. The van der Waals surface area contributed by atoms with E-state index in [4.69, 9.17) is 9.84 Å². The van der Waals surface area contributed by atoms with E-state index in [9.17, 15) is 9.18 Å². The van der Waals surface area contributed by atoms with Crippen molar-refractivity contribution in [1.29, 1.82) is 0 Å². The second kappa shape index (κ2) is 10.5. The maximum Gasteiger partial charge on any atom is 0.341 e. The van der Waals surface area contributed by atoms with Gasteiger partial charge in [0.25, 0.3) is 0 Å². The molecular formula is C23H18FIO3S. The van der Waals surface area contributed by atoms with E-state index in [0.717, 1.165) is 30.9 Å². The Hall–Kier alpha value is -2.32.